The van der Waals surface area contributed by atoms with Gasteiger partial charge >= 0.3 is 35.9 Å². The molecule has 0 atom stereocenters. The molecule has 0 amide bonds. The van der Waals surface area contributed by atoms with Crippen LogP contribution in [0.25, 0.3) is 0 Å². The fraction of sp³-hybridized carbons (Fsp3) is 0.909. The Morgan fingerprint density at radius 3 is 1.31 bits per heavy atom. The minimum Gasteiger partial charge on any atom is -0.288 e. The molecular formula is C11H8F13NO. The molecule has 15 heteroatoms. The molecule has 0 radical (unpaired) electrons. The Morgan fingerprint density at radius 2 is 1.00 bits per heavy atom. The molecule has 0 N–H and O–H groups in total. The van der Waals surface area contributed by atoms with Gasteiger partial charge in [0.25, 0.3) is 5.78 Å². The summed E-state index contributed by atoms with van der Waals surface area (Å²) in [5, 5.41) is 0. The van der Waals surface area contributed by atoms with Gasteiger partial charge in [-0.2, -0.15) is 52.7 Å². The van der Waals surface area contributed by atoms with E-state index in [-0.39, 0.29) is 12.8 Å². The van der Waals surface area contributed by atoms with Crippen LogP contribution in [0, 0.1) is 0 Å². The van der Waals surface area contributed by atoms with E-state index >= 15 is 0 Å². The number of carbonyl (C=O) groups is 1. The summed E-state index contributed by atoms with van der Waals surface area (Å²) < 4.78 is 168. The van der Waals surface area contributed by atoms with Gasteiger partial charge in [0.05, 0.1) is 0 Å². The number of Topliss-reactive ketones (excluding diaryl/α,β-unsaturated/α-hetero) is 1. The predicted molar refractivity (Wildman–Crippen MR) is 56.6 cm³/mol. The molecule has 1 rings (SSSR count). The number of halogens is 13. The molecule has 1 heterocycles. The number of ketones is 1. The van der Waals surface area contributed by atoms with Crippen LogP contribution in [0.15, 0.2) is 0 Å². The van der Waals surface area contributed by atoms with Crippen molar-refractivity contribution in [3.63, 3.8) is 0 Å². The zero-order valence-electron chi connectivity index (χ0n) is 12.1. The van der Waals surface area contributed by atoms with Gasteiger partial charge in [-0.1, -0.05) is 0 Å². The number of nitrogens with zero attached hydrogens (tertiary/aromatic N) is 1. The first-order chi connectivity index (χ1) is 11.3. The zero-order chi connectivity index (χ0) is 21.0. The summed E-state index contributed by atoms with van der Waals surface area (Å²) in [6.45, 7) is -1.90. The molecule has 0 aromatic rings. The van der Waals surface area contributed by atoms with Crippen molar-refractivity contribution in [1.82, 2.24) is 4.90 Å². The molecule has 154 valence electrons. The first kappa shape index (κ1) is 22.8. The van der Waals surface area contributed by atoms with E-state index in [1.807, 2.05) is 0 Å². The van der Waals surface area contributed by atoms with Gasteiger partial charge in [-0.05, 0) is 12.8 Å². The molecule has 1 fully saturated rings. The van der Waals surface area contributed by atoms with Crippen molar-refractivity contribution in [1.29, 1.82) is 0 Å². The van der Waals surface area contributed by atoms with Crippen LogP contribution in [-0.4, -0.2) is 59.7 Å². The third-order valence-corrected chi connectivity index (χ3v) is 3.65. The maximum atomic E-state index is 13.6. The van der Waals surface area contributed by atoms with Gasteiger partial charge in [0, 0.05) is 13.1 Å². The van der Waals surface area contributed by atoms with Crippen LogP contribution in [0.2, 0.25) is 0 Å². The molecule has 1 aliphatic rings. The van der Waals surface area contributed by atoms with E-state index in [2.05, 4.69) is 0 Å². The van der Waals surface area contributed by atoms with Gasteiger partial charge in [0.15, 0.2) is 0 Å². The number of rotatable bonds is 5. The second-order valence-electron chi connectivity index (χ2n) is 5.37. The summed E-state index contributed by atoms with van der Waals surface area (Å²) in [6, 6.07) is -6.01. The molecule has 0 aromatic carbocycles. The molecule has 0 saturated carbocycles. The topological polar surface area (TPSA) is 20.3 Å². The van der Waals surface area contributed by atoms with E-state index in [9.17, 15) is 61.9 Å². The van der Waals surface area contributed by atoms with E-state index in [1.54, 1.807) is 0 Å². The molecule has 1 saturated heterocycles. The van der Waals surface area contributed by atoms with E-state index in [0.717, 1.165) is 0 Å². The monoisotopic (exact) mass is 417 g/mol. The van der Waals surface area contributed by atoms with Crippen molar-refractivity contribution < 1.29 is 61.9 Å². The first-order valence-corrected chi connectivity index (χ1v) is 6.52. The Kier molecular flexibility index (Phi) is 5.36. The van der Waals surface area contributed by atoms with Crippen LogP contribution >= 0.6 is 0 Å². The summed E-state index contributed by atoms with van der Waals surface area (Å²) in [5.74, 6) is -19.5. The summed E-state index contributed by atoms with van der Waals surface area (Å²) >= 11 is 0. The maximum absolute atomic E-state index is 13.6. The minimum atomic E-state index is -7.48. The minimum absolute atomic E-state index is 0.219. The Hall–Kier alpha value is -1.28. The van der Waals surface area contributed by atoms with Gasteiger partial charge in [-0.25, -0.2) is 9.29 Å². The fourth-order valence-corrected chi connectivity index (χ4v) is 2.16. The number of carbonyl (C=O) groups excluding carboxylic acids is 1. The molecule has 0 bridgehead atoms. The lowest BCUT2D eigenvalue weighted by Gasteiger charge is -2.39. The summed E-state index contributed by atoms with van der Waals surface area (Å²) in [5.41, 5.74) is -7.48. The van der Waals surface area contributed by atoms with Gasteiger partial charge in [0.2, 0.25) is 0 Å². The van der Waals surface area contributed by atoms with Crippen LogP contribution in [0.1, 0.15) is 12.8 Å². The van der Waals surface area contributed by atoms with Crippen molar-refractivity contribution in [2.75, 3.05) is 13.1 Å². The van der Waals surface area contributed by atoms with Crippen molar-refractivity contribution in [2.45, 2.75) is 48.8 Å². The van der Waals surface area contributed by atoms with Crippen molar-refractivity contribution >= 4 is 5.78 Å². The van der Waals surface area contributed by atoms with Crippen LogP contribution in [0.4, 0.5) is 57.1 Å². The molecule has 1 aliphatic heterocycles. The predicted octanol–water partition coefficient (Wildman–Crippen LogP) is 4.35. The Bertz CT molecular complexity index is 529. The highest BCUT2D eigenvalue weighted by molar-refractivity contribution is 5.96. The fourth-order valence-electron chi connectivity index (χ4n) is 2.16. The normalized spacial score (nSPS) is 19.1. The molecule has 0 aliphatic carbocycles. The molecular weight excluding hydrogens is 409 g/mol. The number of hydrogen-bond donors (Lipinski definition) is 0. The van der Waals surface area contributed by atoms with Crippen molar-refractivity contribution in [3.8, 4) is 0 Å². The smallest absolute Gasteiger partial charge is 0.288 e. The van der Waals surface area contributed by atoms with E-state index in [1.165, 1.54) is 0 Å². The van der Waals surface area contributed by atoms with Crippen LogP contribution in [0.3, 0.4) is 0 Å². The van der Waals surface area contributed by atoms with E-state index < -0.39 is 59.7 Å². The highest BCUT2D eigenvalue weighted by Gasteiger charge is 2.87. The van der Waals surface area contributed by atoms with Gasteiger partial charge in [-0.15, -0.1) is 0 Å². The lowest BCUT2D eigenvalue weighted by atomic mass is 9.90. The van der Waals surface area contributed by atoms with Crippen LogP contribution < -0.4 is 0 Å². The average molecular weight is 417 g/mol. The second kappa shape index (κ2) is 6.12. The zero-order valence-corrected chi connectivity index (χ0v) is 12.1. The molecule has 2 nitrogen and oxygen atoms in total. The molecule has 0 aromatic heterocycles. The third kappa shape index (κ3) is 3.01. The third-order valence-electron chi connectivity index (χ3n) is 3.65. The molecule has 0 unspecified atom stereocenters. The largest absolute Gasteiger partial charge is 0.439 e. The van der Waals surface area contributed by atoms with Crippen molar-refractivity contribution in [3.05, 3.63) is 0 Å². The number of alkyl halides is 13. The van der Waals surface area contributed by atoms with Crippen LogP contribution in [-0.2, 0) is 4.79 Å². The molecule has 0 spiro atoms. The van der Waals surface area contributed by atoms with Crippen LogP contribution in [0.5, 0.6) is 0 Å². The first-order valence-electron chi connectivity index (χ1n) is 6.52. The van der Waals surface area contributed by atoms with E-state index in [4.69, 9.17) is 0 Å². The summed E-state index contributed by atoms with van der Waals surface area (Å²) in [4.78, 5) is 10.2. The lowest BCUT2D eigenvalue weighted by molar-refractivity contribution is -0.362. The van der Waals surface area contributed by atoms with Gasteiger partial charge < -0.3 is 0 Å². The second-order valence-corrected chi connectivity index (χ2v) is 5.37. The quantitative estimate of drug-likeness (QED) is 0.490. The van der Waals surface area contributed by atoms with Crippen molar-refractivity contribution in [2.24, 2.45) is 0 Å². The number of hydrogen-bond acceptors (Lipinski definition) is 2. The highest BCUT2D eigenvalue weighted by Crippen LogP contribution is 2.55. The lowest BCUT2D eigenvalue weighted by Crippen LogP contribution is -2.71. The summed E-state index contributed by atoms with van der Waals surface area (Å²) in [6.07, 6.45) is -15.3. The summed E-state index contributed by atoms with van der Waals surface area (Å²) in [7, 11) is 0. The van der Waals surface area contributed by atoms with E-state index in [0.29, 0.717) is 0 Å². The maximum Gasteiger partial charge on any atom is 0.439 e. The Balaban J connectivity index is 3.47. The SMILES string of the molecule is O=C(C(F)(F)C(F)(F)C(F)(F)N1CCCC1)C(F)(C(F)(F)F)C(F)(F)F. The van der Waals surface area contributed by atoms with Gasteiger partial charge in [-0.3, -0.25) is 4.79 Å². The standard InChI is InChI=1S/C11H8F13NO/c12-6(9(17,18)19,10(20,21)22)5(26)7(13,14)8(15,16)11(23,24)25-3-1-2-4-25/h1-4H2. The highest BCUT2D eigenvalue weighted by atomic mass is 19.4. The Labute approximate surface area is 135 Å². The molecule has 26 heavy (non-hydrogen) atoms. The number of likely N-dealkylation sites (tertiary alicyclic amines) is 1. The average Bonchev–Trinajstić information content (AvgIpc) is 2.97. The van der Waals surface area contributed by atoms with Gasteiger partial charge in [0.1, 0.15) is 0 Å². The Morgan fingerprint density at radius 1 is 0.654 bits per heavy atom.